The van der Waals surface area contributed by atoms with Crippen LogP contribution < -0.4 is 11.1 Å². The van der Waals surface area contributed by atoms with Crippen LogP contribution in [0.5, 0.6) is 0 Å². The lowest BCUT2D eigenvalue weighted by molar-refractivity contribution is -0.121. The van der Waals surface area contributed by atoms with E-state index in [1.807, 2.05) is 0 Å². The Labute approximate surface area is 109 Å². The van der Waals surface area contributed by atoms with Gasteiger partial charge in [-0.2, -0.15) is 0 Å². The Kier molecular flexibility index (Phi) is 3.99. The van der Waals surface area contributed by atoms with Crippen LogP contribution in [0.15, 0.2) is 18.2 Å². The number of rotatable bonds is 5. The first-order chi connectivity index (χ1) is 9.06. The van der Waals surface area contributed by atoms with E-state index in [-0.39, 0.29) is 36.2 Å². The van der Waals surface area contributed by atoms with Crippen molar-refractivity contribution in [1.29, 1.82) is 0 Å². The lowest BCUT2D eigenvalue weighted by Crippen LogP contribution is -2.26. The fourth-order valence-corrected chi connectivity index (χ4v) is 1.54. The summed E-state index contributed by atoms with van der Waals surface area (Å²) in [5, 5.41) is 2.77. The molecule has 6 heteroatoms. The van der Waals surface area contributed by atoms with Crippen LogP contribution in [0.4, 0.5) is 10.1 Å². The van der Waals surface area contributed by atoms with Gasteiger partial charge in [-0.15, -0.1) is 0 Å². The van der Waals surface area contributed by atoms with Gasteiger partial charge in [0.1, 0.15) is 12.4 Å². The Hall–Kier alpha value is -2.11. The monoisotopic (exact) mass is 266 g/mol. The van der Waals surface area contributed by atoms with E-state index in [1.54, 1.807) is 0 Å². The summed E-state index contributed by atoms with van der Waals surface area (Å²) in [6, 6.07) is 4.00. The van der Waals surface area contributed by atoms with Crippen molar-refractivity contribution < 1.29 is 18.7 Å². The van der Waals surface area contributed by atoms with Gasteiger partial charge in [0.15, 0.2) is 0 Å². The Balaban J connectivity index is 1.78. The number of carbonyl (C=O) groups is 2. The van der Waals surface area contributed by atoms with Crippen molar-refractivity contribution >= 4 is 17.6 Å². The minimum atomic E-state index is -0.795. The summed E-state index contributed by atoms with van der Waals surface area (Å²) in [6.45, 7) is -0.0683. The highest BCUT2D eigenvalue weighted by Crippen LogP contribution is 2.18. The first-order valence-corrected chi connectivity index (χ1v) is 6.08. The van der Waals surface area contributed by atoms with Gasteiger partial charge in [-0.25, -0.2) is 9.18 Å². The molecular weight excluding hydrogens is 251 g/mol. The number of nitrogen functional groups attached to an aromatic ring is 1. The number of amides is 1. The zero-order valence-electron chi connectivity index (χ0n) is 10.3. The fourth-order valence-electron chi connectivity index (χ4n) is 1.54. The van der Waals surface area contributed by atoms with Crippen molar-refractivity contribution in [3.8, 4) is 0 Å². The van der Waals surface area contributed by atoms with Gasteiger partial charge in [0.05, 0.1) is 12.0 Å². The zero-order chi connectivity index (χ0) is 13.8. The molecule has 3 N–H and O–H groups in total. The van der Waals surface area contributed by atoms with E-state index in [1.165, 1.54) is 12.1 Å². The van der Waals surface area contributed by atoms with Crippen LogP contribution >= 0.6 is 0 Å². The van der Waals surface area contributed by atoms with Crippen molar-refractivity contribution in [3.63, 3.8) is 0 Å². The standard InChI is InChI=1S/C13H15FN2O3/c14-11-7-8(15)1-4-10(11)13(18)19-6-5-12(17)16-9-2-3-9/h1,4,7,9H,2-3,5-6,15H2,(H,16,17). The van der Waals surface area contributed by atoms with E-state index in [4.69, 9.17) is 10.5 Å². The normalized spacial score (nSPS) is 13.9. The van der Waals surface area contributed by atoms with Crippen LogP contribution in [0.25, 0.3) is 0 Å². The minimum absolute atomic E-state index is 0.0683. The van der Waals surface area contributed by atoms with Gasteiger partial charge in [0.2, 0.25) is 5.91 Å². The summed E-state index contributed by atoms with van der Waals surface area (Å²) in [7, 11) is 0. The summed E-state index contributed by atoms with van der Waals surface area (Å²) < 4.78 is 18.2. The summed E-state index contributed by atoms with van der Waals surface area (Å²) in [4.78, 5) is 22.9. The smallest absolute Gasteiger partial charge is 0.341 e. The van der Waals surface area contributed by atoms with E-state index in [2.05, 4.69) is 5.32 Å². The van der Waals surface area contributed by atoms with Crippen molar-refractivity contribution in [2.75, 3.05) is 12.3 Å². The average molecular weight is 266 g/mol. The fraction of sp³-hybridized carbons (Fsp3) is 0.385. The van der Waals surface area contributed by atoms with Crippen LogP contribution in [0.1, 0.15) is 29.6 Å². The molecule has 0 spiro atoms. The van der Waals surface area contributed by atoms with E-state index < -0.39 is 11.8 Å². The summed E-state index contributed by atoms with van der Waals surface area (Å²) in [5.41, 5.74) is 5.43. The second kappa shape index (κ2) is 5.69. The number of hydrogen-bond acceptors (Lipinski definition) is 4. The first kappa shape index (κ1) is 13.3. The van der Waals surface area contributed by atoms with E-state index in [9.17, 15) is 14.0 Å². The van der Waals surface area contributed by atoms with Crippen LogP contribution in [-0.4, -0.2) is 24.5 Å². The molecule has 2 rings (SSSR count). The molecular formula is C13H15FN2O3. The number of carbonyl (C=O) groups excluding carboxylic acids is 2. The lowest BCUT2D eigenvalue weighted by Gasteiger charge is -2.06. The molecule has 0 radical (unpaired) electrons. The maximum Gasteiger partial charge on any atom is 0.341 e. The van der Waals surface area contributed by atoms with Gasteiger partial charge in [0, 0.05) is 11.7 Å². The lowest BCUT2D eigenvalue weighted by atomic mass is 10.2. The molecule has 0 aliphatic heterocycles. The van der Waals surface area contributed by atoms with Crippen molar-refractivity contribution in [3.05, 3.63) is 29.6 Å². The van der Waals surface area contributed by atoms with E-state index in [0.717, 1.165) is 18.9 Å². The Morgan fingerprint density at radius 1 is 1.42 bits per heavy atom. The second-order valence-electron chi connectivity index (χ2n) is 4.47. The molecule has 19 heavy (non-hydrogen) atoms. The highest BCUT2D eigenvalue weighted by Gasteiger charge is 2.23. The number of hydrogen-bond donors (Lipinski definition) is 2. The molecule has 1 fully saturated rings. The van der Waals surface area contributed by atoms with Crippen LogP contribution in [0, 0.1) is 5.82 Å². The predicted octanol–water partition coefficient (Wildman–Crippen LogP) is 1.23. The molecule has 1 aromatic carbocycles. The minimum Gasteiger partial charge on any atom is -0.461 e. The van der Waals surface area contributed by atoms with Crippen LogP contribution in [-0.2, 0) is 9.53 Å². The molecule has 0 unspecified atom stereocenters. The number of nitrogens with two attached hydrogens (primary N) is 1. The number of esters is 1. The third-order valence-corrected chi connectivity index (χ3v) is 2.72. The van der Waals surface area contributed by atoms with Gasteiger partial charge in [-0.05, 0) is 31.0 Å². The quantitative estimate of drug-likeness (QED) is 0.620. The van der Waals surface area contributed by atoms with E-state index >= 15 is 0 Å². The maximum atomic E-state index is 13.4. The average Bonchev–Trinajstić information content (AvgIpc) is 3.12. The number of anilines is 1. The Morgan fingerprint density at radius 2 is 2.16 bits per heavy atom. The van der Waals surface area contributed by atoms with Gasteiger partial charge in [0.25, 0.3) is 0 Å². The third-order valence-electron chi connectivity index (χ3n) is 2.72. The molecule has 102 valence electrons. The molecule has 1 aromatic rings. The first-order valence-electron chi connectivity index (χ1n) is 6.08. The summed E-state index contributed by atoms with van der Waals surface area (Å²) >= 11 is 0. The Morgan fingerprint density at radius 3 is 2.79 bits per heavy atom. The molecule has 1 aliphatic rings. The summed E-state index contributed by atoms with van der Waals surface area (Å²) in [6.07, 6.45) is 2.09. The number of nitrogens with one attached hydrogen (secondary N) is 1. The second-order valence-corrected chi connectivity index (χ2v) is 4.47. The molecule has 0 atom stereocenters. The molecule has 0 aromatic heterocycles. The maximum absolute atomic E-state index is 13.4. The highest BCUT2D eigenvalue weighted by atomic mass is 19.1. The van der Waals surface area contributed by atoms with Crippen molar-refractivity contribution in [1.82, 2.24) is 5.32 Å². The largest absolute Gasteiger partial charge is 0.461 e. The third kappa shape index (κ3) is 3.94. The van der Waals surface area contributed by atoms with Gasteiger partial charge >= 0.3 is 5.97 Å². The SMILES string of the molecule is Nc1ccc(C(=O)OCCC(=O)NC2CC2)c(F)c1. The van der Waals surface area contributed by atoms with Crippen molar-refractivity contribution in [2.45, 2.75) is 25.3 Å². The molecule has 1 amide bonds. The van der Waals surface area contributed by atoms with Gasteiger partial charge < -0.3 is 15.8 Å². The molecule has 1 aliphatic carbocycles. The van der Waals surface area contributed by atoms with Gasteiger partial charge in [-0.3, -0.25) is 4.79 Å². The van der Waals surface area contributed by atoms with Crippen LogP contribution in [0.3, 0.4) is 0 Å². The van der Waals surface area contributed by atoms with Crippen LogP contribution in [0.2, 0.25) is 0 Å². The molecule has 1 saturated carbocycles. The predicted molar refractivity (Wildman–Crippen MR) is 66.9 cm³/mol. The Bertz CT molecular complexity index is 501. The number of halogens is 1. The summed E-state index contributed by atoms with van der Waals surface area (Å²) in [5.74, 6) is -1.68. The highest BCUT2D eigenvalue weighted by molar-refractivity contribution is 5.90. The zero-order valence-corrected chi connectivity index (χ0v) is 10.3. The molecule has 0 bridgehead atoms. The molecule has 0 heterocycles. The van der Waals surface area contributed by atoms with Crippen molar-refractivity contribution in [2.24, 2.45) is 0 Å². The number of benzene rings is 1. The molecule has 5 nitrogen and oxygen atoms in total. The van der Waals surface area contributed by atoms with Gasteiger partial charge in [-0.1, -0.05) is 0 Å². The topological polar surface area (TPSA) is 81.4 Å². The number of ether oxygens (including phenoxy) is 1. The van der Waals surface area contributed by atoms with E-state index in [0.29, 0.717) is 0 Å². The molecule has 0 saturated heterocycles.